The molecule has 0 radical (unpaired) electrons. The van der Waals surface area contributed by atoms with Crippen LogP contribution in [0.1, 0.15) is 163 Å². The van der Waals surface area contributed by atoms with E-state index in [0.717, 1.165) is 14.7 Å². The van der Waals surface area contributed by atoms with E-state index < -0.39 is 178 Å². The number of methoxy groups -OCH3 is 1. The molecule has 5 N–H and O–H groups in total. The van der Waals surface area contributed by atoms with Crippen LogP contribution in [-0.4, -0.2) is 275 Å². The van der Waals surface area contributed by atoms with E-state index in [0.29, 0.717) is 0 Å². The standard InChI is InChI=1S/C68H123N13O15/c1-28-30-31-43(13)56(82)55-60(86)71-47(29-2)62(88)76(22)51(35-46(81(94)95)37-73(18)19)64(90)78(24)52(36-68(16,17)96-27)59(85)72-53(41(9)10)66(92)74(20)48(32-38(3)4)58(84)69-44(14)57(83)70-45(15)61(87)75(21)49(33-39(5)6)63(89)77(23)50(34-40(7)8)65(91)79(25)54(42(11)12)67(93)80(55)26/h28,30,38-56,82H,29,31-37H2,1-27H3,(H,69,84)(H,70,83)(H,71,86)(H,72,85)/b30-28+/t43-,44+,45-,46?,47+,48+,49+,50+,51-,52+,53+,54+,55+,56-/m1/s1. The van der Waals surface area contributed by atoms with Crippen LogP contribution in [0.5, 0.6) is 0 Å². The van der Waals surface area contributed by atoms with Gasteiger partial charge in [0.1, 0.15) is 66.5 Å². The van der Waals surface area contributed by atoms with Crippen LogP contribution in [-0.2, 0) is 57.5 Å². The molecule has 0 aromatic rings. The van der Waals surface area contributed by atoms with Gasteiger partial charge in [0, 0.05) is 74.2 Å². The smallest absolute Gasteiger partial charge is 0.246 e. The summed E-state index contributed by atoms with van der Waals surface area (Å²) in [5, 5.41) is 36.1. The maximum atomic E-state index is 15.5. The van der Waals surface area contributed by atoms with E-state index in [2.05, 4.69) is 21.3 Å². The number of hydrogen-bond acceptors (Lipinski definition) is 16. The van der Waals surface area contributed by atoms with Crippen molar-refractivity contribution < 1.29 is 67.5 Å². The van der Waals surface area contributed by atoms with Gasteiger partial charge in [0.25, 0.3) is 0 Å². The van der Waals surface area contributed by atoms with Gasteiger partial charge < -0.3 is 70.3 Å². The van der Waals surface area contributed by atoms with E-state index >= 15 is 33.6 Å². The molecule has 0 saturated carbocycles. The molecule has 1 heterocycles. The summed E-state index contributed by atoms with van der Waals surface area (Å²) in [5.41, 5.74) is -1.16. The average Bonchev–Trinajstić information content (AvgIpc) is 0.841. The van der Waals surface area contributed by atoms with Crippen molar-refractivity contribution in [3.63, 3.8) is 0 Å². The quantitative estimate of drug-likeness (QED) is 0.0627. The summed E-state index contributed by atoms with van der Waals surface area (Å²) in [6.45, 7) is 28.7. The van der Waals surface area contributed by atoms with Crippen molar-refractivity contribution in [2.45, 2.75) is 247 Å². The highest BCUT2D eigenvalue weighted by Crippen LogP contribution is 2.27. The number of ether oxygens (including phenoxy) is 1. The van der Waals surface area contributed by atoms with Gasteiger partial charge in [0.05, 0.1) is 18.2 Å². The first-order valence-electron chi connectivity index (χ1n) is 33.9. The Kier molecular flexibility index (Phi) is 35.4. The molecule has 0 aliphatic carbocycles. The number of nitrogens with one attached hydrogen (secondary N) is 4. The summed E-state index contributed by atoms with van der Waals surface area (Å²) in [5.74, 6) is -11.3. The van der Waals surface area contributed by atoms with Crippen LogP contribution in [0.2, 0.25) is 0 Å². The van der Waals surface area contributed by atoms with Crippen LogP contribution >= 0.6 is 0 Å². The molecular formula is C68H123N13O15. The summed E-state index contributed by atoms with van der Waals surface area (Å²) in [6, 6.07) is -16.8. The van der Waals surface area contributed by atoms with Crippen molar-refractivity contribution in [1.82, 2.24) is 60.5 Å². The third kappa shape index (κ3) is 24.3. The zero-order chi connectivity index (χ0) is 74.6. The maximum absolute atomic E-state index is 15.5. The van der Waals surface area contributed by atoms with E-state index in [-0.39, 0.29) is 62.8 Å². The predicted molar refractivity (Wildman–Crippen MR) is 368 cm³/mol. The molecule has 1 rings (SSSR count). The second kappa shape index (κ2) is 39.0. The number of allylic oxidation sites excluding steroid dienone is 2. The number of aliphatic hydroxyl groups is 1. The van der Waals surface area contributed by atoms with E-state index in [1.807, 2.05) is 41.5 Å². The second-order valence-corrected chi connectivity index (χ2v) is 29.3. The fourth-order valence-electron chi connectivity index (χ4n) is 12.0. The molecule has 1 fully saturated rings. The number of rotatable bonds is 21. The molecule has 0 bridgehead atoms. The van der Waals surface area contributed by atoms with Gasteiger partial charge in [0.2, 0.25) is 71.0 Å². The summed E-state index contributed by atoms with van der Waals surface area (Å²) < 4.78 is 5.78. The fourth-order valence-corrected chi connectivity index (χ4v) is 12.0. The summed E-state index contributed by atoms with van der Waals surface area (Å²) in [6.07, 6.45) is 1.49. The SMILES string of the molecule is C/C=C/C[C@@H](C)[C@@H](O)[C@H]1C(=O)N[C@@H](CC)C(=O)N(C)[C@H](CC(CN(C)C)[N+](=O)[O-])C(=O)N(C)[C@@H](CC(C)(C)OC)C(=O)N[C@@H](C(C)C)C(=O)N(C)[C@@H](CC(C)C)C(=O)N[C@@H](C)C(=O)N[C@H](C)C(=O)N(C)[C@@H](CC(C)C)C(=O)N(C)[C@@H](CC(C)C)C(=O)N(C)[C@@H](C(C)C)C(=O)N1C. The van der Waals surface area contributed by atoms with Crippen molar-refractivity contribution in [3.8, 4) is 0 Å². The van der Waals surface area contributed by atoms with E-state index in [1.54, 1.807) is 88.6 Å². The Labute approximate surface area is 572 Å². The molecule has 550 valence electrons. The molecule has 1 saturated heterocycles. The van der Waals surface area contributed by atoms with Crippen LogP contribution in [0.15, 0.2) is 12.2 Å². The van der Waals surface area contributed by atoms with Crippen LogP contribution in [0.25, 0.3) is 0 Å². The highest BCUT2D eigenvalue weighted by Gasteiger charge is 2.48. The normalized spacial score (nSPS) is 26.5. The summed E-state index contributed by atoms with van der Waals surface area (Å²) in [4.78, 5) is 187. The monoisotopic (exact) mass is 1360 g/mol. The highest BCUT2D eigenvalue weighted by molar-refractivity contribution is 6.00. The molecule has 28 nitrogen and oxygen atoms in total. The van der Waals surface area contributed by atoms with Crippen LogP contribution in [0, 0.1) is 45.6 Å². The molecule has 14 atom stereocenters. The van der Waals surface area contributed by atoms with Crippen molar-refractivity contribution in [2.24, 2.45) is 35.5 Å². The Morgan fingerprint density at radius 3 is 1.40 bits per heavy atom. The molecule has 28 heteroatoms. The average molecular weight is 1360 g/mol. The first-order chi connectivity index (χ1) is 44.2. The Hall–Kier alpha value is -6.81. The molecule has 1 aliphatic heterocycles. The number of carbonyl (C=O) groups excluding carboxylic acids is 11. The number of aliphatic hydroxyl groups excluding tert-OH is 1. The number of carbonyl (C=O) groups is 11. The first-order valence-corrected chi connectivity index (χ1v) is 33.9. The van der Waals surface area contributed by atoms with E-state index in [9.17, 15) is 34.4 Å². The number of amides is 11. The zero-order valence-electron chi connectivity index (χ0n) is 63.0. The van der Waals surface area contributed by atoms with Crippen LogP contribution in [0.4, 0.5) is 0 Å². The van der Waals surface area contributed by atoms with E-state index in [1.165, 1.54) is 94.8 Å². The van der Waals surface area contributed by atoms with Crippen molar-refractivity contribution in [3.05, 3.63) is 22.3 Å². The molecule has 1 unspecified atom stereocenters. The van der Waals surface area contributed by atoms with E-state index in [4.69, 9.17) is 4.74 Å². The Morgan fingerprint density at radius 1 is 0.542 bits per heavy atom. The minimum atomic E-state index is -1.74. The van der Waals surface area contributed by atoms with Gasteiger partial charge in [-0.2, -0.15) is 0 Å². The Bertz CT molecular complexity index is 2690. The largest absolute Gasteiger partial charge is 0.390 e. The highest BCUT2D eigenvalue weighted by atomic mass is 16.6. The molecule has 0 aromatic heterocycles. The Morgan fingerprint density at radius 2 is 0.958 bits per heavy atom. The van der Waals surface area contributed by atoms with Crippen molar-refractivity contribution in [1.29, 1.82) is 0 Å². The molecule has 96 heavy (non-hydrogen) atoms. The maximum Gasteiger partial charge on any atom is 0.246 e. The number of hydrogen-bond donors (Lipinski definition) is 5. The minimum absolute atomic E-state index is 0.0869. The topological polar surface area (TPSA) is 334 Å². The Balaban J connectivity index is 4.70. The number of nitrogens with zero attached hydrogens (tertiary/aromatic N) is 9. The van der Waals surface area contributed by atoms with Gasteiger partial charge in [-0.05, 0) is 116 Å². The van der Waals surface area contributed by atoms with Gasteiger partial charge in [-0.1, -0.05) is 95.2 Å². The lowest BCUT2D eigenvalue weighted by atomic mass is 9.91. The van der Waals surface area contributed by atoms with Gasteiger partial charge >= 0.3 is 0 Å². The van der Waals surface area contributed by atoms with Crippen LogP contribution in [0.3, 0.4) is 0 Å². The lowest BCUT2D eigenvalue weighted by Crippen LogP contribution is -2.64. The third-order valence-electron chi connectivity index (χ3n) is 18.3. The molecule has 11 amide bonds. The first kappa shape index (κ1) is 87.2. The van der Waals surface area contributed by atoms with Crippen molar-refractivity contribution >= 4 is 65.0 Å². The number of likely N-dealkylation sites (N-methyl/N-ethyl adjacent to an activating group) is 8. The molecular weight excluding hydrogens is 1240 g/mol. The van der Waals surface area contributed by atoms with Gasteiger partial charge in [0.15, 0.2) is 0 Å². The van der Waals surface area contributed by atoms with Crippen molar-refractivity contribution in [2.75, 3.05) is 77.1 Å². The van der Waals surface area contributed by atoms with Gasteiger partial charge in [-0.15, -0.1) is 0 Å². The second-order valence-electron chi connectivity index (χ2n) is 29.3. The number of nitro groups is 1. The fraction of sp³-hybridized carbons (Fsp3) is 0.809. The minimum Gasteiger partial charge on any atom is -0.390 e. The lowest BCUT2D eigenvalue weighted by Gasteiger charge is -2.41. The lowest BCUT2D eigenvalue weighted by molar-refractivity contribution is -0.524. The van der Waals surface area contributed by atoms with Crippen LogP contribution < -0.4 is 21.3 Å². The zero-order valence-corrected chi connectivity index (χ0v) is 63.0. The third-order valence-corrected chi connectivity index (χ3v) is 18.3. The molecule has 1 aliphatic rings. The predicted octanol–water partition coefficient (Wildman–Crippen LogP) is 3.00. The summed E-state index contributed by atoms with van der Waals surface area (Å²) in [7, 11) is 14.0. The summed E-state index contributed by atoms with van der Waals surface area (Å²) >= 11 is 0. The van der Waals surface area contributed by atoms with Gasteiger partial charge in [-0.25, -0.2) is 0 Å². The molecule has 0 spiro atoms. The molecule has 0 aromatic carbocycles. The van der Waals surface area contributed by atoms with Gasteiger partial charge in [-0.3, -0.25) is 62.9 Å².